The molecule has 16 heavy (non-hydrogen) atoms. The normalized spacial score (nSPS) is 10.4. The van der Waals surface area contributed by atoms with Gasteiger partial charge in [-0.3, -0.25) is 0 Å². The van der Waals surface area contributed by atoms with Crippen molar-refractivity contribution in [2.75, 3.05) is 5.73 Å². The Morgan fingerprint density at radius 1 is 1.12 bits per heavy atom. The molecule has 2 N–H and O–H groups in total. The lowest BCUT2D eigenvalue weighted by Crippen LogP contribution is -1.93. The number of aromatic nitrogens is 1. The zero-order valence-electron chi connectivity index (χ0n) is 9.40. The second-order valence-corrected chi connectivity index (χ2v) is 4.84. The Hall–Kier alpha value is -1.48. The highest BCUT2D eigenvalue weighted by Crippen LogP contribution is 2.27. The monoisotopic (exact) mass is 230 g/mol. The van der Waals surface area contributed by atoms with Crippen molar-refractivity contribution in [1.82, 2.24) is 4.98 Å². The molecule has 1 heterocycles. The van der Waals surface area contributed by atoms with Gasteiger partial charge in [0.2, 0.25) is 0 Å². The highest BCUT2D eigenvalue weighted by Gasteiger charge is 2.01. The molecule has 0 radical (unpaired) electrons. The minimum absolute atomic E-state index is 0.744. The number of nitrogen functional groups attached to an aromatic ring is 1. The van der Waals surface area contributed by atoms with E-state index in [0.717, 1.165) is 16.4 Å². The lowest BCUT2D eigenvalue weighted by molar-refractivity contribution is 1.07. The lowest BCUT2D eigenvalue weighted by atomic mass is 10.2. The fourth-order valence-electron chi connectivity index (χ4n) is 1.41. The maximum atomic E-state index is 5.73. The van der Waals surface area contributed by atoms with E-state index in [1.807, 2.05) is 19.1 Å². The summed E-state index contributed by atoms with van der Waals surface area (Å²) in [5, 5.41) is 0.984. The Labute approximate surface area is 99.9 Å². The predicted molar refractivity (Wildman–Crippen MR) is 68.7 cm³/mol. The van der Waals surface area contributed by atoms with Crippen molar-refractivity contribution in [2.24, 2.45) is 0 Å². The zero-order valence-corrected chi connectivity index (χ0v) is 10.2. The number of rotatable bonds is 2. The number of nitrogens with zero attached hydrogens (tertiary/aromatic N) is 1. The lowest BCUT2D eigenvalue weighted by Gasteiger charge is -2.04. The number of benzene rings is 1. The summed E-state index contributed by atoms with van der Waals surface area (Å²) >= 11 is 1.66. The van der Waals surface area contributed by atoms with Crippen LogP contribution >= 0.6 is 11.8 Å². The highest BCUT2D eigenvalue weighted by atomic mass is 32.2. The van der Waals surface area contributed by atoms with Crippen molar-refractivity contribution in [2.45, 2.75) is 23.8 Å². The molecule has 0 aliphatic carbocycles. The van der Waals surface area contributed by atoms with E-state index in [9.17, 15) is 0 Å². The van der Waals surface area contributed by atoms with E-state index in [2.05, 4.69) is 36.2 Å². The fourth-order valence-corrected chi connectivity index (χ4v) is 2.36. The van der Waals surface area contributed by atoms with Crippen LogP contribution in [0.15, 0.2) is 46.3 Å². The van der Waals surface area contributed by atoms with E-state index >= 15 is 0 Å². The summed E-state index contributed by atoms with van der Waals surface area (Å²) < 4.78 is 0. The highest BCUT2D eigenvalue weighted by molar-refractivity contribution is 7.99. The van der Waals surface area contributed by atoms with Gasteiger partial charge in [0.1, 0.15) is 5.03 Å². The van der Waals surface area contributed by atoms with Gasteiger partial charge in [0.25, 0.3) is 0 Å². The molecular formula is C13H14N2S. The number of pyridine rings is 1. The van der Waals surface area contributed by atoms with Crippen molar-refractivity contribution in [3.63, 3.8) is 0 Å². The topological polar surface area (TPSA) is 38.9 Å². The van der Waals surface area contributed by atoms with Crippen molar-refractivity contribution >= 4 is 17.4 Å². The molecule has 0 fully saturated rings. The largest absolute Gasteiger partial charge is 0.397 e. The average molecular weight is 230 g/mol. The van der Waals surface area contributed by atoms with Crippen LogP contribution in [-0.2, 0) is 0 Å². The third-order valence-electron chi connectivity index (χ3n) is 2.31. The molecule has 0 aliphatic rings. The standard InChI is InChI=1S/C13H14N2S/c1-9-4-3-5-11(8-9)16-13-7-6-12(14)10(2)15-13/h3-8H,14H2,1-2H3. The zero-order chi connectivity index (χ0) is 11.5. The number of hydrogen-bond acceptors (Lipinski definition) is 3. The van der Waals surface area contributed by atoms with Gasteiger partial charge in [-0.2, -0.15) is 0 Å². The molecule has 0 spiro atoms. The van der Waals surface area contributed by atoms with E-state index in [-0.39, 0.29) is 0 Å². The van der Waals surface area contributed by atoms with Gasteiger partial charge in [0.05, 0.1) is 11.4 Å². The molecule has 3 heteroatoms. The SMILES string of the molecule is Cc1cccc(Sc2ccc(N)c(C)n2)c1. The second kappa shape index (κ2) is 4.58. The van der Waals surface area contributed by atoms with Crippen LogP contribution in [0.2, 0.25) is 0 Å². The number of anilines is 1. The van der Waals surface area contributed by atoms with E-state index in [0.29, 0.717) is 0 Å². The summed E-state index contributed by atoms with van der Waals surface area (Å²) in [6, 6.07) is 12.2. The minimum Gasteiger partial charge on any atom is -0.397 e. The molecular weight excluding hydrogens is 216 g/mol. The van der Waals surface area contributed by atoms with Crippen LogP contribution in [0.1, 0.15) is 11.3 Å². The molecule has 0 unspecified atom stereocenters. The third kappa shape index (κ3) is 2.55. The molecule has 0 saturated carbocycles. The predicted octanol–water partition coefficient (Wildman–Crippen LogP) is 3.43. The third-order valence-corrected chi connectivity index (χ3v) is 3.24. The first-order valence-electron chi connectivity index (χ1n) is 5.13. The van der Waals surface area contributed by atoms with Gasteiger partial charge in [-0.05, 0) is 38.1 Å². The fraction of sp³-hybridized carbons (Fsp3) is 0.154. The first-order valence-corrected chi connectivity index (χ1v) is 5.94. The Morgan fingerprint density at radius 3 is 2.62 bits per heavy atom. The first kappa shape index (κ1) is 11.0. The van der Waals surface area contributed by atoms with Gasteiger partial charge >= 0.3 is 0 Å². The molecule has 0 atom stereocenters. The Morgan fingerprint density at radius 2 is 1.94 bits per heavy atom. The van der Waals surface area contributed by atoms with Gasteiger partial charge in [-0.25, -0.2) is 4.98 Å². The van der Waals surface area contributed by atoms with Crippen LogP contribution in [0.3, 0.4) is 0 Å². The van der Waals surface area contributed by atoms with Crippen molar-refractivity contribution in [3.05, 3.63) is 47.7 Å². The van der Waals surface area contributed by atoms with E-state index in [1.165, 1.54) is 10.5 Å². The van der Waals surface area contributed by atoms with Crippen molar-refractivity contribution in [3.8, 4) is 0 Å². The number of aryl methyl sites for hydroxylation is 2. The molecule has 2 aromatic rings. The van der Waals surface area contributed by atoms with Gasteiger partial charge < -0.3 is 5.73 Å². The Bertz CT molecular complexity index is 509. The molecule has 0 bridgehead atoms. The van der Waals surface area contributed by atoms with Crippen molar-refractivity contribution < 1.29 is 0 Å². The first-order chi connectivity index (χ1) is 7.65. The maximum Gasteiger partial charge on any atom is 0.101 e. The quantitative estimate of drug-likeness (QED) is 0.859. The van der Waals surface area contributed by atoms with E-state index < -0.39 is 0 Å². The molecule has 82 valence electrons. The van der Waals surface area contributed by atoms with Crippen LogP contribution in [-0.4, -0.2) is 4.98 Å². The Kier molecular flexibility index (Phi) is 3.15. The summed E-state index contributed by atoms with van der Waals surface area (Å²) in [6.07, 6.45) is 0. The van der Waals surface area contributed by atoms with Gasteiger partial charge in [-0.15, -0.1) is 0 Å². The van der Waals surface area contributed by atoms with Gasteiger partial charge in [-0.1, -0.05) is 29.5 Å². The molecule has 0 saturated heterocycles. The summed E-state index contributed by atoms with van der Waals surface area (Å²) in [7, 11) is 0. The van der Waals surface area contributed by atoms with E-state index in [4.69, 9.17) is 5.73 Å². The smallest absolute Gasteiger partial charge is 0.101 e. The van der Waals surface area contributed by atoms with Crippen LogP contribution in [0.25, 0.3) is 0 Å². The summed E-state index contributed by atoms with van der Waals surface area (Å²) in [6.45, 7) is 4.02. The molecule has 0 amide bonds. The van der Waals surface area contributed by atoms with Crippen molar-refractivity contribution in [1.29, 1.82) is 0 Å². The van der Waals surface area contributed by atoms with Gasteiger partial charge in [0.15, 0.2) is 0 Å². The van der Waals surface area contributed by atoms with Crippen LogP contribution in [0.5, 0.6) is 0 Å². The molecule has 0 aliphatic heterocycles. The van der Waals surface area contributed by atoms with Crippen LogP contribution in [0.4, 0.5) is 5.69 Å². The molecule has 2 rings (SSSR count). The maximum absolute atomic E-state index is 5.73. The molecule has 1 aromatic heterocycles. The number of nitrogens with two attached hydrogens (primary N) is 1. The number of hydrogen-bond donors (Lipinski definition) is 1. The second-order valence-electron chi connectivity index (χ2n) is 3.74. The Balaban J connectivity index is 2.24. The average Bonchev–Trinajstić information content (AvgIpc) is 2.24. The molecule has 2 nitrogen and oxygen atoms in total. The van der Waals surface area contributed by atoms with E-state index in [1.54, 1.807) is 11.8 Å². The minimum atomic E-state index is 0.744. The summed E-state index contributed by atoms with van der Waals surface area (Å²) in [4.78, 5) is 5.64. The van der Waals surface area contributed by atoms with Crippen LogP contribution in [0, 0.1) is 13.8 Å². The summed E-state index contributed by atoms with van der Waals surface area (Å²) in [5.74, 6) is 0. The van der Waals surface area contributed by atoms with Gasteiger partial charge in [0, 0.05) is 4.90 Å². The summed E-state index contributed by atoms with van der Waals surface area (Å²) in [5.41, 5.74) is 8.63. The van der Waals surface area contributed by atoms with Crippen LogP contribution < -0.4 is 5.73 Å². The molecule has 1 aromatic carbocycles.